The van der Waals surface area contributed by atoms with E-state index in [4.69, 9.17) is 0 Å². The molecule has 0 bridgehead atoms. The quantitative estimate of drug-likeness (QED) is 0.694. The number of nitrogens with zero attached hydrogens (tertiary/aromatic N) is 2. The fourth-order valence-corrected chi connectivity index (χ4v) is 3.86. The van der Waals surface area contributed by atoms with Crippen LogP contribution in [0.5, 0.6) is 0 Å². The lowest BCUT2D eigenvalue weighted by Gasteiger charge is -2.33. The second kappa shape index (κ2) is 6.13. The number of hydrogen-bond donors (Lipinski definition) is 0. The van der Waals surface area contributed by atoms with Crippen LogP contribution in [0.15, 0.2) is 60.8 Å². The first kappa shape index (κ1) is 14.4. The number of aryl methyl sites for hydroxylation is 1. The number of pyridine rings is 1. The first-order valence-corrected chi connectivity index (χ1v) is 8.43. The summed E-state index contributed by atoms with van der Waals surface area (Å²) in [5.41, 5.74) is 5.47. The lowest BCUT2D eigenvalue weighted by molar-refractivity contribution is 0.214. The molecular weight excluding hydrogens is 280 g/mol. The number of aromatic nitrogens is 1. The van der Waals surface area contributed by atoms with Gasteiger partial charge in [-0.15, -0.1) is 0 Å². The van der Waals surface area contributed by atoms with Crippen molar-refractivity contribution in [1.82, 2.24) is 9.88 Å². The molecule has 3 aromatic rings. The van der Waals surface area contributed by atoms with E-state index in [1.807, 2.05) is 12.3 Å². The van der Waals surface area contributed by atoms with Crippen molar-refractivity contribution >= 4 is 10.9 Å². The third-order valence-corrected chi connectivity index (χ3v) is 5.01. The van der Waals surface area contributed by atoms with Gasteiger partial charge in [0.1, 0.15) is 0 Å². The van der Waals surface area contributed by atoms with Crippen molar-refractivity contribution in [2.75, 3.05) is 7.05 Å². The van der Waals surface area contributed by atoms with Crippen LogP contribution in [-0.4, -0.2) is 16.9 Å². The van der Waals surface area contributed by atoms with Crippen LogP contribution in [0.25, 0.3) is 10.9 Å². The van der Waals surface area contributed by atoms with E-state index >= 15 is 0 Å². The number of rotatable bonds is 3. The van der Waals surface area contributed by atoms with Crippen LogP contribution < -0.4 is 0 Å². The number of fused-ring (bicyclic) bond motifs is 2. The standard InChI is InChI=1S/C21H22N2/c1-23(20-13-5-8-16-7-2-3-12-19(16)20)15-18-10-4-9-17-11-6-14-22-21(17)18/h2-4,6-7,9-12,14,20H,5,8,13,15H2,1H3/t20-/m0/s1. The summed E-state index contributed by atoms with van der Waals surface area (Å²) < 4.78 is 0. The van der Waals surface area contributed by atoms with Crippen molar-refractivity contribution in [2.24, 2.45) is 0 Å². The molecule has 1 atom stereocenters. The Bertz CT molecular complexity index is 819. The average Bonchev–Trinajstić information content (AvgIpc) is 2.61. The van der Waals surface area contributed by atoms with Crippen molar-refractivity contribution < 1.29 is 0 Å². The maximum atomic E-state index is 4.60. The summed E-state index contributed by atoms with van der Waals surface area (Å²) >= 11 is 0. The van der Waals surface area contributed by atoms with Gasteiger partial charge in [-0.2, -0.15) is 0 Å². The first-order valence-electron chi connectivity index (χ1n) is 8.43. The summed E-state index contributed by atoms with van der Waals surface area (Å²) in [4.78, 5) is 7.08. The third-order valence-electron chi connectivity index (χ3n) is 5.01. The van der Waals surface area contributed by atoms with E-state index < -0.39 is 0 Å². The van der Waals surface area contributed by atoms with E-state index in [9.17, 15) is 0 Å². The summed E-state index contributed by atoms with van der Waals surface area (Å²) in [7, 11) is 2.24. The fraction of sp³-hybridized carbons (Fsp3) is 0.286. The van der Waals surface area contributed by atoms with E-state index in [2.05, 4.69) is 65.5 Å². The normalized spacial score (nSPS) is 17.4. The maximum absolute atomic E-state index is 4.60. The zero-order valence-corrected chi connectivity index (χ0v) is 13.6. The highest BCUT2D eigenvalue weighted by molar-refractivity contribution is 5.81. The minimum absolute atomic E-state index is 0.513. The lowest BCUT2D eigenvalue weighted by Crippen LogP contribution is -2.27. The summed E-state index contributed by atoms with van der Waals surface area (Å²) in [6.45, 7) is 0.938. The zero-order chi connectivity index (χ0) is 15.6. The monoisotopic (exact) mass is 302 g/mol. The van der Waals surface area contributed by atoms with E-state index in [0.717, 1.165) is 12.1 Å². The summed E-state index contributed by atoms with van der Waals surface area (Å²) in [5, 5.41) is 1.22. The Morgan fingerprint density at radius 1 is 1.04 bits per heavy atom. The van der Waals surface area contributed by atoms with Gasteiger partial charge in [0.15, 0.2) is 0 Å². The summed E-state index contributed by atoms with van der Waals surface area (Å²) in [6, 6.07) is 20.1. The zero-order valence-electron chi connectivity index (χ0n) is 13.6. The van der Waals surface area contributed by atoms with Crippen LogP contribution in [0.1, 0.15) is 35.6 Å². The molecule has 2 aromatic carbocycles. The molecule has 0 amide bonds. The Kier molecular flexibility index (Phi) is 3.84. The molecule has 0 saturated heterocycles. The highest BCUT2D eigenvalue weighted by Gasteiger charge is 2.23. The van der Waals surface area contributed by atoms with E-state index in [1.54, 1.807) is 0 Å². The van der Waals surface area contributed by atoms with Crippen LogP contribution in [0.3, 0.4) is 0 Å². The van der Waals surface area contributed by atoms with Gasteiger partial charge in [-0.05, 0) is 49.1 Å². The summed E-state index contributed by atoms with van der Waals surface area (Å²) in [5.74, 6) is 0. The minimum atomic E-state index is 0.513. The van der Waals surface area contributed by atoms with Crippen LogP contribution >= 0.6 is 0 Å². The number of para-hydroxylation sites is 1. The van der Waals surface area contributed by atoms with Gasteiger partial charge in [-0.25, -0.2) is 0 Å². The van der Waals surface area contributed by atoms with Gasteiger partial charge in [-0.3, -0.25) is 9.88 Å². The minimum Gasteiger partial charge on any atom is -0.295 e. The Morgan fingerprint density at radius 3 is 2.87 bits per heavy atom. The average molecular weight is 302 g/mol. The Balaban J connectivity index is 1.64. The van der Waals surface area contributed by atoms with Gasteiger partial charge in [0.05, 0.1) is 5.52 Å². The molecule has 0 spiro atoms. The molecule has 0 saturated carbocycles. The van der Waals surface area contributed by atoms with Gasteiger partial charge in [-0.1, -0.05) is 48.5 Å². The molecule has 0 radical (unpaired) electrons. The van der Waals surface area contributed by atoms with E-state index in [0.29, 0.717) is 6.04 Å². The van der Waals surface area contributed by atoms with Crippen molar-refractivity contribution in [2.45, 2.75) is 31.8 Å². The second-order valence-corrected chi connectivity index (χ2v) is 6.51. The lowest BCUT2D eigenvalue weighted by atomic mass is 9.87. The van der Waals surface area contributed by atoms with Crippen LogP contribution in [-0.2, 0) is 13.0 Å². The molecule has 0 N–H and O–H groups in total. The van der Waals surface area contributed by atoms with E-state index in [-0.39, 0.29) is 0 Å². The van der Waals surface area contributed by atoms with Crippen molar-refractivity contribution in [1.29, 1.82) is 0 Å². The van der Waals surface area contributed by atoms with Gasteiger partial charge in [0.2, 0.25) is 0 Å². The third kappa shape index (κ3) is 2.75. The SMILES string of the molecule is CN(Cc1cccc2cccnc12)[C@H]1CCCc2ccccc21. The fourth-order valence-electron chi connectivity index (χ4n) is 3.86. The summed E-state index contributed by atoms with van der Waals surface area (Å²) in [6.07, 6.45) is 5.63. The molecule has 1 aliphatic carbocycles. The first-order chi connectivity index (χ1) is 11.3. The van der Waals surface area contributed by atoms with Gasteiger partial charge < -0.3 is 0 Å². The molecule has 0 fully saturated rings. The van der Waals surface area contributed by atoms with Gasteiger partial charge in [0.25, 0.3) is 0 Å². The Hall–Kier alpha value is -2.19. The molecule has 1 aliphatic rings. The smallest absolute Gasteiger partial charge is 0.0746 e. The number of benzene rings is 2. The van der Waals surface area contributed by atoms with Crippen molar-refractivity contribution in [3.05, 3.63) is 77.5 Å². The molecule has 1 aromatic heterocycles. The van der Waals surface area contributed by atoms with Crippen molar-refractivity contribution in [3.63, 3.8) is 0 Å². The topological polar surface area (TPSA) is 16.1 Å². The predicted octanol–water partition coefficient (Wildman–Crippen LogP) is 4.74. The molecule has 1 heterocycles. The number of hydrogen-bond acceptors (Lipinski definition) is 2. The van der Waals surface area contributed by atoms with Gasteiger partial charge >= 0.3 is 0 Å². The highest BCUT2D eigenvalue weighted by Crippen LogP contribution is 2.34. The molecule has 23 heavy (non-hydrogen) atoms. The van der Waals surface area contributed by atoms with Crippen LogP contribution in [0, 0.1) is 0 Å². The van der Waals surface area contributed by atoms with Crippen LogP contribution in [0.4, 0.5) is 0 Å². The van der Waals surface area contributed by atoms with Gasteiger partial charge in [0, 0.05) is 24.2 Å². The molecule has 4 rings (SSSR count). The second-order valence-electron chi connectivity index (χ2n) is 6.51. The Labute approximate surface area is 137 Å². The Morgan fingerprint density at radius 2 is 1.91 bits per heavy atom. The molecule has 0 aliphatic heterocycles. The highest BCUT2D eigenvalue weighted by atomic mass is 15.1. The van der Waals surface area contributed by atoms with Crippen LogP contribution in [0.2, 0.25) is 0 Å². The molecule has 0 unspecified atom stereocenters. The molecule has 2 heteroatoms. The molecule has 116 valence electrons. The molecule has 2 nitrogen and oxygen atoms in total. The van der Waals surface area contributed by atoms with Crippen molar-refractivity contribution in [3.8, 4) is 0 Å². The maximum Gasteiger partial charge on any atom is 0.0746 e. The molecular formula is C21H22N2. The van der Waals surface area contributed by atoms with E-state index in [1.165, 1.54) is 41.3 Å². The largest absolute Gasteiger partial charge is 0.295 e. The predicted molar refractivity (Wildman–Crippen MR) is 95.3 cm³/mol.